The number of ether oxygens (including phenoxy) is 1. The van der Waals surface area contributed by atoms with Crippen LogP contribution < -0.4 is 4.74 Å². The van der Waals surface area contributed by atoms with Crippen molar-refractivity contribution in [2.45, 2.75) is 19.6 Å². The van der Waals surface area contributed by atoms with Crippen molar-refractivity contribution in [2.75, 3.05) is 7.11 Å². The summed E-state index contributed by atoms with van der Waals surface area (Å²) in [4.78, 5) is 4.38. The van der Waals surface area contributed by atoms with E-state index in [-0.39, 0.29) is 0 Å². The lowest BCUT2D eigenvalue weighted by atomic mass is 10.1. The van der Waals surface area contributed by atoms with Gasteiger partial charge in [0.1, 0.15) is 17.7 Å². The number of hydrogen-bond acceptors (Lipinski definition) is 3. The van der Waals surface area contributed by atoms with Gasteiger partial charge in [-0.25, -0.2) is 4.98 Å². The zero-order valence-electron chi connectivity index (χ0n) is 13.3. The molecule has 0 unspecified atom stereocenters. The first-order chi connectivity index (χ1) is 11.2. The van der Waals surface area contributed by atoms with E-state index in [1.165, 1.54) is 5.56 Å². The van der Waals surface area contributed by atoms with E-state index in [0.29, 0.717) is 12.3 Å². The predicted octanol–water partition coefficient (Wildman–Crippen LogP) is 3.33. The fraction of sp³-hybridized carbons (Fsp3) is 0.211. The van der Waals surface area contributed by atoms with Crippen LogP contribution in [-0.2, 0) is 6.54 Å². The zero-order valence-corrected chi connectivity index (χ0v) is 13.3. The molecule has 1 atom stereocenters. The smallest absolute Gasteiger partial charge is 0.125 e. The minimum Gasteiger partial charge on any atom is -0.496 e. The molecule has 1 N–H and O–H groups in total. The number of para-hydroxylation sites is 1. The molecule has 0 aliphatic heterocycles. The van der Waals surface area contributed by atoms with E-state index in [2.05, 4.69) is 17.1 Å². The minimum absolute atomic E-state index is 0.671. The minimum atomic E-state index is -0.781. The number of nitrogens with zero attached hydrogens (tertiary/aromatic N) is 2. The second-order valence-corrected chi connectivity index (χ2v) is 5.45. The van der Waals surface area contributed by atoms with Crippen molar-refractivity contribution < 1.29 is 9.84 Å². The Balaban J connectivity index is 1.97. The largest absolute Gasteiger partial charge is 0.496 e. The molecule has 3 aromatic rings. The molecule has 0 radical (unpaired) electrons. The summed E-state index contributed by atoms with van der Waals surface area (Å²) in [7, 11) is 1.61. The van der Waals surface area contributed by atoms with E-state index < -0.39 is 6.10 Å². The molecule has 23 heavy (non-hydrogen) atoms. The number of hydrogen-bond donors (Lipinski definition) is 1. The molecule has 0 bridgehead atoms. The van der Waals surface area contributed by atoms with Crippen LogP contribution in [0.5, 0.6) is 5.75 Å². The summed E-state index contributed by atoms with van der Waals surface area (Å²) in [5.41, 5.74) is 2.67. The third kappa shape index (κ3) is 3.12. The van der Waals surface area contributed by atoms with Crippen LogP contribution in [0, 0.1) is 6.92 Å². The molecule has 4 nitrogen and oxygen atoms in total. The standard InChI is InChI=1S/C19H20N2O2/c1-14-20-12-17(21(14)13-15-8-4-3-5-9-15)19(22)16-10-6-7-11-18(16)23-2/h3-12,19,22H,13H2,1-2H3/t19-/m0/s1. The summed E-state index contributed by atoms with van der Waals surface area (Å²) in [6.45, 7) is 2.62. The Bertz CT molecular complexity index is 781. The number of aliphatic hydroxyl groups excluding tert-OH is 1. The second kappa shape index (κ2) is 6.67. The van der Waals surface area contributed by atoms with Crippen molar-refractivity contribution in [3.8, 4) is 5.75 Å². The van der Waals surface area contributed by atoms with Crippen LogP contribution in [0.1, 0.15) is 28.7 Å². The molecule has 0 amide bonds. The van der Waals surface area contributed by atoms with Crippen LogP contribution in [-0.4, -0.2) is 21.8 Å². The van der Waals surface area contributed by atoms with Gasteiger partial charge in [-0.3, -0.25) is 0 Å². The van der Waals surface area contributed by atoms with Gasteiger partial charge in [0.05, 0.1) is 19.0 Å². The van der Waals surface area contributed by atoms with Crippen molar-refractivity contribution in [1.29, 1.82) is 0 Å². The molecular weight excluding hydrogens is 288 g/mol. The Labute approximate surface area is 136 Å². The molecule has 0 aliphatic rings. The predicted molar refractivity (Wildman–Crippen MR) is 89.6 cm³/mol. The fourth-order valence-electron chi connectivity index (χ4n) is 2.73. The number of benzene rings is 2. The molecule has 118 valence electrons. The van der Waals surface area contributed by atoms with E-state index in [4.69, 9.17) is 4.74 Å². The maximum absolute atomic E-state index is 10.8. The first kappa shape index (κ1) is 15.3. The zero-order chi connectivity index (χ0) is 16.2. The summed E-state index contributed by atoms with van der Waals surface area (Å²) < 4.78 is 7.40. The summed E-state index contributed by atoms with van der Waals surface area (Å²) in [5.74, 6) is 1.54. The lowest BCUT2D eigenvalue weighted by molar-refractivity contribution is 0.205. The van der Waals surface area contributed by atoms with Gasteiger partial charge in [-0.15, -0.1) is 0 Å². The van der Waals surface area contributed by atoms with Crippen LogP contribution in [0.25, 0.3) is 0 Å². The van der Waals surface area contributed by atoms with Crippen LogP contribution in [0.4, 0.5) is 0 Å². The van der Waals surface area contributed by atoms with E-state index in [1.807, 2.05) is 54.0 Å². The average molecular weight is 308 g/mol. The van der Waals surface area contributed by atoms with Crippen LogP contribution in [0.15, 0.2) is 60.8 Å². The summed E-state index contributed by atoms with van der Waals surface area (Å²) in [6.07, 6.45) is 0.950. The molecule has 3 rings (SSSR count). The Morgan fingerprint density at radius 3 is 2.52 bits per heavy atom. The number of aryl methyl sites for hydroxylation is 1. The molecule has 0 spiro atoms. The first-order valence-corrected chi connectivity index (χ1v) is 7.57. The third-order valence-electron chi connectivity index (χ3n) is 3.98. The van der Waals surface area contributed by atoms with Gasteiger partial charge >= 0.3 is 0 Å². The average Bonchev–Trinajstić information content (AvgIpc) is 2.96. The summed E-state index contributed by atoms with van der Waals surface area (Å²) >= 11 is 0. The van der Waals surface area contributed by atoms with Gasteiger partial charge in [-0.1, -0.05) is 48.5 Å². The van der Waals surface area contributed by atoms with Crippen LogP contribution in [0.3, 0.4) is 0 Å². The van der Waals surface area contributed by atoms with Crippen LogP contribution >= 0.6 is 0 Å². The maximum atomic E-state index is 10.8. The quantitative estimate of drug-likeness (QED) is 0.786. The lowest BCUT2D eigenvalue weighted by Crippen LogP contribution is -2.12. The molecule has 0 saturated carbocycles. The molecule has 0 fully saturated rings. The highest BCUT2D eigenvalue weighted by molar-refractivity contribution is 5.39. The van der Waals surface area contributed by atoms with E-state index in [1.54, 1.807) is 13.3 Å². The number of rotatable bonds is 5. The molecule has 2 aromatic carbocycles. The Kier molecular flexibility index (Phi) is 4.44. The second-order valence-electron chi connectivity index (χ2n) is 5.45. The molecule has 0 aliphatic carbocycles. The van der Waals surface area contributed by atoms with Gasteiger partial charge in [0, 0.05) is 12.1 Å². The van der Waals surface area contributed by atoms with Gasteiger partial charge in [-0.05, 0) is 18.6 Å². The highest BCUT2D eigenvalue weighted by Crippen LogP contribution is 2.30. The number of aromatic nitrogens is 2. The Hall–Kier alpha value is -2.59. The summed E-state index contributed by atoms with van der Waals surface area (Å²) in [5, 5.41) is 10.8. The van der Waals surface area contributed by atoms with Gasteiger partial charge in [0.15, 0.2) is 0 Å². The van der Waals surface area contributed by atoms with Crippen molar-refractivity contribution in [3.63, 3.8) is 0 Å². The van der Waals surface area contributed by atoms with E-state index in [9.17, 15) is 5.11 Å². The van der Waals surface area contributed by atoms with Crippen LogP contribution in [0.2, 0.25) is 0 Å². The van der Waals surface area contributed by atoms with E-state index >= 15 is 0 Å². The fourth-order valence-corrected chi connectivity index (χ4v) is 2.73. The molecule has 1 aromatic heterocycles. The van der Waals surface area contributed by atoms with Crippen molar-refractivity contribution >= 4 is 0 Å². The number of aliphatic hydroxyl groups is 1. The molecular formula is C19H20N2O2. The lowest BCUT2D eigenvalue weighted by Gasteiger charge is -2.17. The van der Waals surface area contributed by atoms with Gasteiger partial charge in [0.2, 0.25) is 0 Å². The number of methoxy groups -OCH3 is 1. The van der Waals surface area contributed by atoms with Crippen molar-refractivity contribution in [1.82, 2.24) is 9.55 Å². The Morgan fingerprint density at radius 1 is 1.09 bits per heavy atom. The molecule has 4 heteroatoms. The Morgan fingerprint density at radius 2 is 1.78 bits per heavy atom. The maximum Gasteiger partial charge on any atom is 0.125 e. The first-order valence-electron chi connectivity index (χ1n) is 7.57. The van der Waals surface area contributed by atoms with Gasteiger partial charge < -0.3 is 14.4 Å². The third-order valence-corrected chi connectivity index (χ3v) is 3.98. The van der Waals surface area contributed by atoms with Crippen molar-refractivity contribution in [3.05, 3.63) is 83.4 Å². The SMILES string of the molecule is COc1ccccc1[C@H](O)c1cnc(C)n1Cc1ccccc1. The highest BCUT2D eigenvalue weighted by atomic mass is 16.5. The summed E-state index contributed by atoms with van der Waals surface area (Å²) in [6, 6.07) is 17.7. The van der Waals surface area contributed by atoms with Crippen molar-refractivity contribution in [2.24, 2.45) is 0 Å². The normalized spacial score (nSPS) is 12.1. The van der Waals surface area contributed by atoms with E-state index in [0.717, 1.165) is 17.1 Å². The molecule has 1 heterocycles. The van der Waals surface area contributed by atoms with Gasteiger partial charge in [0.25, 0.3) is 0 Å². The molecule has 0 saturated heterocycles. The van der Waals surface area contributed by atoms with Gasteiger partial charge in [-0.2, -0.15) is 0 Å². The monoisotopic (exact) mass is 308 g/mol. The topological polar surface area (TPSA) is 47.3 Å². The number of imidazole rings is 1. The highest BCUT2D eigenvalue weighted by Gasteiger charge is 2.20.